The van der Waals surface area contributed by atoms with Gasteiger partial charge >= 0.3 is 0 Å². The molecule has 0 fully saturated rings. The van der Waals surface area contributed by atoms with E-state index in [1.165, 1.54) is 12.1 Å². The van der Waals surface area contributed by atoms with Gasteiger partial charge in [-0.05, 0) is 24.6 Å². The second-order valence-corrected chi connectivity index (χ2v) is 4.69. The number of methoxy groups -OCH3 is 1. The fourth-order valence-corrected chi connectivity index (χ4v) is 2.46. The largest absolute Gasteiger partial charge is 0.496 e. The summed E-state index contributed by atoms with van der Waals surface area (Å²) >= 11 is 0. The zero-order valence-corrected chi connectivity index (χ0v) is 11.6. The fourth-order valence-electron chi connectivity index (χ4n) is 2.46. The van der Waals surface area contributed by atoms with Crippen LogP contribution in [0.1, 0.15) is 5.56 Å². The molecule has 3 rings (SSSR count). The number of aryl methyl sites for hydroxylation is 1. The molecule has 21 heavy (non-hydrogen) atoms. The van der Waals surface area contributed by atoms with Crippen molar-refractivity contribution in [3.05, 3.63) is 52.3 Å². The monoisotopic (exact) mass is 283 g/mol. The van der Waals surface area contributed by atoms with Crippen molar-refractivity contribution in [1.29, 1.82) is 0 Å². The second-order valence-electron chi connectivity index (χ2n) is 4.69. The van der Waals surface area contributed by atoms with Crippen LogP contribution in [0.2, 0.25) is 0 Å². The number of nitrogens with zero attached hydrogens (tertiary/aromatic N) is 2. The van der Waals surface area contributed by atoms with E-state index in [4.69, 9.17) is 4.74 Å². The number of benzene rings is 1. The first-order valence-corrected chi connectivity index (χ1v) is 6.37. The SMILES string of the molecule is COc1ccc([N+](=O)[O-])cc1-c1[nH]c2cnccc2c1C. The van der Waals surface area contributed by atoms with Crippen LogP contribution in [0.4, 0.5) is 5.69 Å². The van der Waals surface area contributed by atoms with Gasteiger partial charge in [-0.2, -0.15) is 0 Å². The van der Waals surface area contributed by atoms with Crippen molar-refractivity contribution >= 4 is 16.6 Å². The Bertz CT molecular complexity index is 839. The van der Waals surface area contributed by atoms with Gasteiger partial charge in [0.1, 0.15) is 5.75 Å². The van der Waals surface area contributed by atoms with Gasteiger partial charge in [0, 0.05) is 29.3 Å². The minimum absolute atomic E-state index is 0.0296. The van der Waals surface area contributed by atoms with Gasteiger partial charge in [0.25, 0.3) is 5.69 Å². The Kier molecular flexibility index (Phi) is 3.06. The van der Waals surface area contributed by atoms with Crippen LogP contribution in [0.25, 0.3) is 22.2 Å². The van der Waals surface area contributed by atoms with E-state index in [1.807, 2.05) is 13.0 Å². The van der Waals surface area contributed by atoms with Crippen molar-refractivity contribution in [3.8, 4) is 17.0 Å². The number of ether oxygens (including phenoxy) is 1. The van der Waals surface area contributed by atoms with Gasteiger partial charge < -0.3 is 9.72 Å². The van der Waals surface area contributed by atoms with Crippen LogP contribution in [-0.2, 0) is 0 Å². The quantitative estimate of drug-likeness (QED) is 0.589. The summed E-state index contributed by atoms with van der Waals surface area (Å²) in [5.41, 5.74) is 3.39. The van der Waals surface area contributed by atoms with Crippen molar-refractivity contribution in [3.63, 3.8) is 0 Å². The Morgan fingerprint density at radius 3 is 2.81 bits per heavy atom. The lowest BCUT2D eigenvalue weighted by Crippen LogP contribution is -1.93. The molecule has 6 nitrogen and oxygen atoms in total. The van der Waals surface area contributed by atoms with Gasteiger partial charge in [0.15, 0.2) is 0 Å². The highest BCUT2D eigenvalue weighted by atomic mass is 16.6. The Morgan fingerprint density at radius 1 is 1.33 bits per heavy atom. The third kappa shape index (κ3) is 2.10. The van der Waals surface area contributed by atoms with Crippen LogP contribution >= 0.6 is 0 Å². The summed E-state index contributed by atoms with van der Waals surface area (Å²) in [5.74, 6) is 0.586. The number of pyridine rings is 1. The molecule has 0 amide bonds. The minimum atomic E-state index is -0.414. The number of fused-ring (bicyclic) bond motifs is 1. The van der Waals surface area contributed by atoms with E-state index in [0.29, 0.717) is 11.3 Å². The van der Waals surface area contributed by atoms with Crippen LogP contribution < -0.4 is 4.74 Å². The summed E-state index contributed by atoms with van der Waals surface area (Å²) in [7, 11) is 1.55. The van der Waals surface area contributed by atoms with Crippen molar-refractivity contribution in [2.75, 3.05) is 7.11 Å². The smallest absolute Gasteiger partial charge is 0.270 e. The predicted molar refractivity (Wildman–Crippen MR) is 79.5 cm³/mol. The molecule has 0 unspecified atom stereocenters. The lowest BCUT2D eigenvalue weighted by Gasteiger charge is -2.08. The van der Waals surface area contributed by atoms with E-state index in [1.54, 1.807) is 25.6 Å². The first-order valence-electron chi connectivity index (χ1n) is 6.37. The van der Waals surface area contributed by atoms with Gasteiger partial charge in [0.2, 0.25) is 0 Å². The number of rotatable bonds is 3. The zero-order chi connectivity index (χ0) is 15.0. The first kappa shape index (κ1) is 13.1. The van der Waals surface area contributed by atoms with Crippen molar-refractivity contribution in [2.45, 2.75) is 6.92 Å². The molecule has 0 aliphatic carbocycles. The van der Waals surface area contributed by atoms with Crippen LogP contribution in [0.3, 0.4) is 0 Å². The molecule has 0 atom stereocenters. The third-order valence-electron chi connectivity index (χ3n) is 3.52. The van der Waals surface area contributed by atoms with Crippen LogP contribution in [0.15, 0.2) is 36.7 Å². The van der Waals surface area contributed by atoms with Gasteiger partial charge in [0.05, 0.1) is 29.4 Å². The highest BCUT2D eigenvalue weighted by molar-refractivity contribution is 5.91. The topological polar surface area (TPSA) is 81.0 Å². The van der Waals surface area contributed by atoms with Crippen LogP contribution in [0.5, 0.6) is 5.75 Å². The number of aromatic amines is 1. The Hall–Kier alpha value is -2.89. The summed E-state index contributed by atoms with van der Waals surface area (Å²) in [6.45, 7) is 1.96. The molecule has 3 aromatic rings. The van der Waals surface area contributed by atoms with Crippen molar-refractivity contribution < 1.29 is 9.66 Å². The highest BCUT2D eigenvalue weighted by Crippen LogP contribution is 2.37. The van der Waals surface area contributed by atoms with Gasteiger partial charge in [-0.3, -0.25) is 15.1 Å². The predicted octanol–water partition coefficient (Wildman–Crippen LogP) is 3.46. The molecule has 0 spiro atoms. The Labute approximate surface area is 120 Å². The number of hydrogen-bond donors (Lipinski definition) is 1. The number of nitrogens with one attached hydrogen (secondary N) is 1. The molecule has 0 saturated carbocycles. The number of H-pyrrole nitrogens is 1. The second kappa shape index (κ2) is 4.90. The Morgan fingerprint density at radius 2 is 2.14 bits per heavy atom. The van der Waals surface area contributed by atoms with Crippen LogP contribution in [-0.4, -0.2) is 22.0 Å². The number of non-ortho nitro benzene ring substituents is 1. The van der Waals surface area contributed by atoms with E-state index in [2.05, 4.69) is 9.97 Å². The molecule has 0 radical (unpaired) electrons. The summed E-state index contributed by atoms with van der Waals surface area (Å²) in [5, 5.41) is 12.0. The van der Waals surface area contributed by atoms with Crippen LogP contribution in [0, 0.1) is 17.0 Å². The summed E-state index contributed by atoms with van der Waals surface area (Å²) in [4.78, 5) is 17.9. The summed E-state index contributed by atoms with van der Waals surface area (Å²) < 4.78 is 5.33. The molecular weight excluding hydrogens is 270 g/mol. The van der Waals surface area contributed by atoms with Gasteiger partial charge in [-0.1, -0.05) is 0 Å². The summed E-state index contributed by atoms with van der Waals surface area (Å²) in [6, 6.07) is 6.47. The number of nitro groups is 1. The zero-order valence-electron chi connectivity index (χ0n) is 11.6. The molecule has 6 heteroatoms. The minimum Gasteiger partial charge on any atom is -0.496 e. The molecule has 2 aromatic heterocycles. The van der Waals surface area contributed by atoms with Crippen molar-refractivity contribution in [2.24, 2.45) is 0 Å². The fraction of sp³-hybridized carbons (Fsp3) is 0.133. The standard InChI is InChI=1S/C15H13N3O3/c1-9-11-5-6-16-8-13(11)17-15(9)12-7-10(18(19)20)3-4-14(12)21-2/h3-8,17H,1-2H3. The molecule has 1 N–H and O–H groups in total. The number of aromatic nitrogens is 2. The molecule has 0 saturated heterocycles. The molecule has 106 valence electrons. The molecule has 2 heterocycles. The Balaban J connectivity index is 2.28. The molecular formula is C15H13N3O3. The van der Waals surface area contributed by atoms with E-state index in [-0.39, 0.29) is 5.69 Å². The molecule has 1 aromatic carbocycles. The lowest BCUT2D eigenvalue weighted by atomic mass is 10.1. The molecule has 0 bridgehead atoms. The molecule has 0 aliphatic heterocycles. The highest BCUT2D eigenvalue weighted by Gasteiger charge is 2.17. The maximum atomic E-state index is 11.0. The first-order chi connectivity index (χ1) is 10.1. The van der Waals surface area contributed by atoms with Gasteiger partial charge in [-0.15, -0.1) is 0 Å². The maximum Gasteiger partial charge on any atom is 0.270 e. The lowest BCUT2D eigenvalue weighted by molar-refractivity contribution is -0.384. The maximum absolute atomic E-state index is 11.0. The summed E-state index contributed by atoms with van der Waals surface area (Å²) in [6.07, 6.45) is 3.45. The van der Waals surface area contributed by atoms with Gasteiger partial charge in [-0.25, -0.2) is 0 Å². The van der Waals surface area contributed by atoms with E-state index in [9.17, 15) is 10.1 Å². The van der Waals surface area contributed by atoms with E-state index in [0.717, 1.165) is 22.2 Å². The number of hydrogen-bond acceptors (Lipinski definition) is 4. The van der Waals surface area contributed by atoms with E-state index < -0.39 is 4.92 Å². The third-order valence-corrected chi connectivity index (χ3v) is 3.52. The normalized spacial score (nSPS) is 10.8. The molecule has 0 aliphatic rings. The average Bonchev–Trinajstić information content (AvgIpc) is 2.84. The van der Waals surface area contributed by atoms with Crippen molar-refractivity contribution in [1.82, 2.24) is 9.97 Å². The van der Waals surface area contributed by atoms with E-state index >= 15 is 0 Å². The average molecular weight is 283 g/mol. The number of nitro benzene ring substituents is 1.